The van der Waals surface area contributed by atoms with Crippen molar-refractivity contribution >= 4 is 5.91 Å². The molecule has 0 saturated heterocycles. The van der Waals surface area contributed by atoms with Crippen LogP contribution in [0, 0.1) is 0 Å². The Hall–Kier alpha value is -1.55. The summed E-state index contributed by atoms with van der Waals surface area (Å²) in [6, 6.07) is 6.30. The predicted octanol–water partition coefficient (Wildman–Crippen LogP) is 0.469. The molecule has 1 rings (SSSR count). The third-order valence-corrected chi connectivity index (χ3v) is 1.73. The fourth-order valence-electron chi connectivity index (χ4n) is 1.01. The number of para-hydroxylation sites is 1. The smallest absolute Gasteiger partial charge is 0.255 e. The Labute approximate surface area is 82.7 Å². The van der Waals surface area contributed by atoms with Gasteiger partial charge in [0.25, 0.3) is 5.91 Å². The Bertz CT molecular complexity index is 324. The van der Waals surface area contributed by atoms with Crippen LogP contribution in [0.15, 0.2) is 24.3 Å². The van der Waals surface area contributed by atoms with Gasteiger partial charge in [0.2, 0.25) is 0 Å². The van der Waals surface area contributed by atoms with Crippen LogP contribution in [0.25, 0.3) is 0 Å². The van der Waals surface area contributed by atoms with Gasteiger partial charge in [-0.25, -0.2) is 0 Å². The lowest BCUT2D eigenvalue weighted by atomic mass is 10.2. The number of nitrogens with one attached hydrogen (secondary N) is 1. The third kappa shape index (κ3) is 2.74. The summed E-state index contributed by atoms with van der Waals surface area (Å²) in [6.07, 6.45) is 0. The molecule has 0 aliphatic heterocycles. The molecule has 4 N–H and O–H groups in total. The summed E-state index contributed by atoms with van der Waals surface area (Å²) in [5, 5.41) is 12.0. The van der Waals surface area contributed by atoms with E-state index in [4.69, 9.17) is 5.73 Å². The average molecular weight is 194 g/mol. The van der Waals surface area contributed by atoms with Gasteiger partial charge in [0.15, 0.2) is 0 Å². The second-order valence-corrected chi connectivity index (χ2v) is 3.20. The van der Waals surface area contributed by atoms with E-state index in [2.05, 4.69) is 5.32 Å². The van der Waals surface area contributed by atoms with E-state index in [1.54, 1.807) is 25.1 Å². The normalized spacial score (nSPS) is 12.1. The Morgan fingerprint density at radius 2 is 2.21 bits per heavy atom. The summed E-state index contributed by atoms with van der Waals surface area (Å²) in [5.41, 5.74) is 5.75. The largest absolute Gasteiger partial charge is 0.507 e. The highest BCUT2D eigenvalue weighted by atomic mass is 16.3. The van der Waals surface area contributed by atoms with E-state index >= 15 is 0 Å². The topological polar surface area (TPSA) is 75.3 Å². The van der Waals surface area contributed by atoms with E-state index in [0.717, 1.165) is 0 Å². The molecule has 1 aromatic carbocycles. The number of carbonyl (C=O) groups excluding carboxylic acids is 1. The van der Waals surface area contributed by atoms with Crippen molar-refractivity contribution < 1.29 is 9.90 Å². The minimum absolute atomic E-state index is 0.0188. The van der Waals surface area contributed by atoms with Crippen LogP contribution in [0.5, 0.6) is 5.75 Å². The van der Waals surface area contributed by atoms with Gasteiger partial charge in [0.1, 0.15) is 5.75 Å². The van der Waals surface area contributed by atoms with Crippen molar-refractivity contribution in [2.45, 2.75) is 13.0 Å². The molecule has 1 aromatic rings. The van der Waals surface area contributed by atoms with Crippen molar-refractivity contribution in [3.05, 3.63) is 29.8 Å². The van der Waals surface area contributed by atoms with Crippen LogP contribution in [0.3, 0.4) is 0 Å². The van der Waals surface area contributed by atoms with Crippen molar-refractivity contribution in [3.8, 4) is 5.75 Å². The maximum absolute atomic E-state index is 11.4. The van der Waals surface area contributed by atoms with Crippen LogP contribution >= 0.6 is 0 Å². The number of phenols is 1. The Morgan fingerprint density at radius 3 is 2.79 bits per heavy atom. The molecule has 0 aromatic heterocycles. The number of benzene rings is 1. The maximum atomic E-state index is 11.4. The molecular formula is C10H14N2O2. The molecule has 4 heteroatoms. The SMILES string of the molecule is CC(N)CNC(=O)c1ccccc1O. The van der Waals surface area contributed by atoms with Crippen molar-refractivity contribution in [2.75, 3.05) is 6.54 Å². The third-order valence-electron chi connectivity index (χ3n) is 1.73. The fraction of sp³-hybridized carbons (Fsp3) is 0.300. The highest BCUT2D eigenvalue weighted by Crippen LogP contribution is 2.14. The summed E-state index contributed by atoms with van der Waals surface area (Å²) in [6.45, 7) is 2.19. The van der Waals surface area contributed by atoms with E-state index in [9.17, 15) is 9.90 Å². The van der Waals surface area contributed by atoms with Crippen LogP contribution in [-0.4, -0.2) is 23.6 Å². The molecule has 0 fully saturated rings. The van der Waals surface area contributed by atoms with Gasteiger partial charge in [-0.2, -0.15) is 0 Å². The summed E-state index contributed by atoms with van der Waals surface area (Å²) >= 11 is 0. The van der Waals surface area contributed by atoms with Gasteiger partial charge in [-0.15, -0.1) is 0 Å². The van der Waals surface area contributed by atoms with Gasteiger partial charge in [0.05, 0.1) is 5.56 Å². The molecule has 0 bridgehead atoms. The van der Waals surface area contributed by atoms with Gasteiger partial charge < -0.3 is 16.2 Å². The van der Waals surface area contributed by atoms with Gasteiger partial charge in [-0.1, -0.05) is 12.1 Å². The van der Waals surface area contributed by atoms with E-state index in [0.29, 0.717) is 6.54 Å². The van der Waals surface area contributed by atoms with Crippen LogP contribution in [0.4, 0.5) is 0 Å². The van der Waals surface area contributed by atoms with Crippen molar-refractivity contribution in [2.24, 2.45) is 5.73 Å². The molecule has 1 unspecified atom stereocenters. The predicted molar refractivity (Wildman–Crippen MR) is 54.1 cm³/mol. The molecule has 0 aliphatic rings. The second kappa shape index (κ2) is 4.62. The Kier molecular flexibility index (Phi) is 3.48. The monoisotopic (exact) mass is 194 g/mol. The minimum atomic E-state index is -0.305. The molecule has 14 heavy (non-hydrogen) atoms. The second-order valence-electron chi connectivity index (χ2n) is 3.20. The van der Waals surface area contributed by atoms with Gasteiger partial charge >= 0.3 is 0 Å². The zero-order chi connectivity index (χ0) is 10.6. The van der Waals surface area contributed by atoms with Crippen molar-refractivity contribution in [1.29, 1.82) is 0 Å². The maximum Gasteiger partial charge on any atom is 0.255 e. The number of hydrogen-bond acceptors (Lipinski definition) is 3. The lowest BCUT2D eigenvalue weighted by Gasteiger charge is -2.08. The van der Waals surface area contributed by atoms with Crippen LogP contribution < -0.4 is 11.1 Å². The Morgan fingerprint density at radius 1 is 1.57 bits per heavy atom. The summed E-state index contributed by atoms with van der Waals surface area (Å²) in [5.74, 6) is -0.324. The standard InChI is InChI=1S/C10H14N2O2/c1-7(11)6-12-10(14)8-4-2-3-5-9(8)13/h2-5,7,13H,6,11H2,1H3,(H,12,14). The number of hydrogen-bond donors (Lipinski definition) is 3. The fourth-order valence-corrected chi connectivity index (χ4v) is 1.01. The first-order valence-electron chi connectivity index (χ1n) is 4.43. The molecule has 4 nitrogen and oxygen atoms in total. The van der Waals surface area contributed by atoms with Gasteiger partial charge in [0, 0.05) is 12.6 Å². The first-order valence-corrected chi connectivity index (χ1v) is 4.43. The molecule has 0 heterocycles. The van der Waals surface area contributed by atoms with E-state index in [-0.39, 0.29) is 23.3 Å². The first kappa shape index (κ1) is 10.5. The zero-order valence-electron chi connectivity index (χ0n) is 8.03. The summed E-state index contributed by atoms with van der Waals surface area (Å²) in [7, 11) is 0. The molecule has 1 atom stereocenters. The summed E-state index contributed by atoms with van der Waals surface area (Å²) in [4.78, 5) is 11.4. The molecule has 0 aliphatic carbocycles. The molecule has 0 saturated carbocycles. The van der Waals surface area contributed by atoms with Gasteiger partial charge in [-0.05, 0) is 19.1 Å². The lowest BCUT2D eigenvalue weighted by Crippen LogP contribution is -2.35. The zero-order valence-corrected chi connectivity index (χ0v) is 8.03. The van der Waals surface area contributed by atoms with Crippen LogP contribution in [0.1, 0.15) is 17.3 Å². The number of nitrogens with two attached hydrogens (primary N) is 1. The first-order chi connectivity index (χ1) is 6.61. The van der Waals surface area contributed by atoms with E-state index in [1.807, 2.05) is 0 Å². The number of rotatable bonds is 3. The minimum Gasteiger partial charge on any atom is -0.507 e. The lowest BCUT2D eigenvalue weighted by molar-refractivity contribution is 0.0949. The molecule has 0 spiro atoms. The average Bonchev–Trinajstić information content (AvgIpc) is 2.15. The van der Waals surface area contributed by atoms with Crippen LogP contribution in [-0.2, 0) is 0 Å². The number of aromatic hydroxyl groups is 1. The molecule has 76 valence electrons. The highest BCUT2D eigenvalue weighted by Gasteiger charge is 2.09. The van der Waals surface area contributed by atoms with Gasteiger partial charge in [-0.3, -0.25) is 4.79 Å². The number of amides is 1. The van der Waals surface area contributed by atoms with Crippen molar-refractivity contribution in [1.82, 2.24) is 5.32 Å². The van der Waals surface area contributed by atoms with E-state index in [1.165, 1.54) is 6.07 Å². The number of carbonyl (C=O) groups is 1. The van der Waals surface area contributed by atoms with Crippen molar-refractivity contribution in [3.63, 3.8) is 0 Å². The quantitative estimate of drug-likeness (QED) is 0.654. The molecule has 1 amide bonds. The molecule has 0 radical (unpaired) electrons. The molecular weight excluding hydrogens is 180 g/mol. The summed E-state index contributed by atoms with van der Waals surface area (Å²) < 4.78 is 0. The highest BCUT2D eigenvalue weighted by molar-refractivity contribution is 5.96. The van der Waals surface area contributed by atoms with Crippen LogP contribution in [0.2, 0.25) is 0 Å². The van der Waals surface area contributed by atoms with E-state index < -0.39 is 0 Å². The number of phenolic OH excluding ortho intramolecular Hbond substituents is 1. The Balaban J connectivity index is 2.65.